The Bertz CT molecular complexity index is 184. The fraction of sp³-hybridized carbons (Fsp3) is 0.889. The van der Waals surface area contributed by atoms with Gasteiger partial charge in [-0.05, 0) is 5.92 Å². The lowest BCUT2D eigenvalue weighted by atomic mass is 10.00. The van der Waals surface area contributed by atoms with Crippen molar-refractivity contribution in [2.45, 2.75) is 26.3 Å². The Kier molecular flexibility index (Phi) is 7.12. The molecule has 0 aromatic rings. The number of rotatable bonds is 3. The van der Waals surface area contributed by atoms with Crippen molar-refractivity contribution in [3.8, 4) is 0 Å². The van der Waals surface area contributed by atoms with Crippen molar-refractivity contribution in [2.24, 2.45) is 11.7 Å². The highest BCUT2D eigenvalue weighted by Gasteiger charge is 2.23. The smallest absolute Gasteiger partial charge is 0.0959 e. The van der Waals surface area contributed by atoms with Crippen LogP contribution in [-0.4, -0.2) is 34.1 Å². The molecule has 0 amide bonds. The van der Waals surface area contributed by atoms with Gasteiger partial charge in [0.1, 0.15) is 0 Å². The molecule has 1 aliphatic heterocycles. The van der Waals surface area contributed by atoms with Crippen molar-refractivity contribution in [1.82, 2.24) is 4.90 Å². The highest BCUT2D eigenvalue weighted by Crippen LogP contribution is 2.17. The zero-order chi connectivity index (χ0) is 9.84. The first-order valence-corrected chi connectivity index (χ1v) is 6.35. The Balaban J connectivity index is 0.00000169. The van der Waals surface area contributed by atoms with Crippen LogP contribution in [0.15, 0.2) is 0 Å². The third-order valence-electron chi connectivity index (χ3n) is 2.61. The van der Waals surface area contributed by atoms with E-state index in [-0.39, 0.29) is 18.4 Å². The number of nitrogens with zero attached hydrogens (tertiary/aromatic N) is 1. The average Bonchev–Trinajstić information content (AvgIpc) is 2.67. The standard InChI is InChI=1S/C9H18N2S2.ClH/c1-3-7(2)8(10)9(12)11-4-5-13-6-11;/h7-8H,3-6,10H2,1-2H3;1H. The fourth-order valence-electron chi connectivity index (χ4n) is 1.30. The number of hydrogen-bond acceptors (Lipinski definition) is 3. The summed E-state index contributed by atoms with van der Waals surface area (Å²) in [5.74, 6) is 2.72. The van der Waals surface area contributed by atoms with Gasteiger partial charge in [-0.15, -0.1) is 24.2 Å². The maximum atomic E-state index is 6.06. The molecule has 1 heterocycles. The molecule has 84 valence electrons. The minimum Gasteiger partial charge on any atom is -0.355 e. The van der Waals surface area contributed by atoms with E-state index in [0.717, 1.165) is 23.8 Å². The highest BCUT2D eigenvalue weighted by atomic mass is 35.5. The molecule has 14 heavy (non-hydrogen) atoms. The molecular weight excluding hydrogens is 236 g/mol. The predicted molar refractivity (Wildman–Crippen MR) is 71.3 cm³/mol. The number of halogens is 1. The monoisotopic (exact) mass is 254 g/mol. The number of thiocarbonyl (C=S) groups is 1. The van der Waals surface area contributed by atoms with Crippen molar-refractivity contribution in [3.63, 3.8) is 0 Å². The van der Waals surface area contributed by atoms with Crippen LogP contribution < -0.4 is 5.73 Å². The second kappa shape index (κ2) is 6.88. The zero-order valence-electron chi connectivity index (χ0n) is 8.73. The molecule has 2 N–H and O–H groups in total. The van der Waals surface area contributed by atoms with E-state index in [1.165, 1.54) is 5.75 Å². The molecule has 2 atom stereocenters. The molecule has 5 heteroatoms. The number of thioether (sulfide) groups is 1. The van der Waals surface area contributed by atoms with Gasteiger partial charge in [0.2, 0.25) is 0 Å². The van der Waals surface area contributed by atoms with Crippen molar-refractivity contribution in [3.05, 3.63) is 0 Å². The molecule has 1 rings (SSSR count). The van der Waals surface area contributed by atoms with Gasteiger partial charge in [-0.25, -0.2) is 0 Å². The van der Waals surface area contributed by atoms with Crippen LogP contribution in [0.2, 0.25) is 0 Å². The molecule has 0 aliphatic carbocycles. The van der Waals surface area contributed by atoms with Crippen LogP contribution in [-0.2, 0) is 0 Å². The van der Waals surface area contributed by atoms with Gasteiger partial charge in [-0.2, -0.15) is 0 Å². The fourth-order valence-corrected chi connectivity index (χ4v) is 2.73. The molecule has 0 radical (unpaired) electrons. The second-order valence-corrected chi connectivity index (χ2v) is 5.04. The summed E-state index contributed by atoms with van der Waals surface area (Å²) in [5, 5.41) is 0. The number of nitrogens with two attached hydrogens (primary N) is 1. The lowest BCUT2D eigenvalue weighted by Crippen LogP contribution is -2.44. The third-order valence-corrected chi connectivity index (χ3v) is 4.10. The maximum absolute atomic E-state index is 6.06. The summed E-state index contributed by atoms with van der Waals surface area (Å²) in [5.41, 5.74) is 6.06. The molecule has 0 aromatic carbocycles. The minimum absolute atomic E-state index is 0. The van der Waals surface area contributed by atoms with E-state index in [4.69, 9.17) is 18.0 Å². The molecule has 1 fully saturated rings. The lowest BCUT2D eigenvalue weighted by molar-refractivity contribution is 0.463. The molecule has 1 saturated heterocycles. The first-order valence-electron chi connectivity index (χ1n) is 4.79. The Morgan fingerprint density at radius 3 is 2.71 bits per heavy atom. The summed E-state index contributed by atoms with van der Waals surface area (Å²) < 4.78 is 0. The summed E-state index contributed by atoms with van der Waals surface area (Å²) in [6, 6.07) is 0.0682. The molecular formula is C9H19ClN2S2. The topological polar surface area (TPSA) is 29.3 Å². The molecule has 0 bridgehead atoms. The van der Waals surface area contributed by atoms with E-state index in [1.54, 1.807) is 0 Å². The zero-order valence-corrected chi connectivity index (χ0v) is 11.2. The Morgan fingerprint density at radius 1 is 1.64 bits per heavy atom. The molecule has 2 unspecified atom stereocenters. The van der Waals surface area contributed by atoms with Crippen LogP contribution in [0.1, 0.15) is 20.3 Å². The van der Waals surface area contributed by atoms with Gasteiger partial charge in [0, 0.05) is 12.3 Å². The van der Waals surface area contributed by atoms with Crippen LogP contribution in [0.3, 0.4) is 0 Å². The molecule has 0 spiro atoms. The molecule has 2 nitrogen and oxygen atoms in total. The van der Waals surface area contributed by atoms with Crippen molar-refractivity contribution >= 4 is 41.4 Å². The molecule has 1 aliphatic rings. The normalized spacial score (nSPS) is 20.1. The predicted octanol–water partition coefficient (Wildman–Crippen LogP) is 2.12. The van der Waals surface area contributed by atoms with Gasteiger partial charge < -0.3 is 10.6 Å². The Hall–Kier alpha value is 0.490. The first kappa shape index (κ1) is 14.5. The van der Waals surface area contributed by atoms with Crippen LogP contribution in [0.4, 0.5) is 0 Å². The van der Waals surface area contributed by atoms with E-state index in [0.29, 0.717) is 5.92 Å². The Morgan fingerprint density at radius 2 is 2.29 bits per heavy atom. The van der Waals surface area contributed by atoms with E-state index < -0.39 is 0 Å². The van der Waals surface area contributed by atoms with E-state index in [9.17, 15) is 0 Å². The van der Waals surface area contributed by atoms with Gasteiger partial charge in [0.05, 0.1) is 16.9 Å². The quantitative estimate of drug-likeness (QED) is 0.782. The second-order valence-electron chi connectivity index (χ2n) is 3.55. The van der Waals surface area contributed by atoms with Gasteiger partial charge >= 0.3 is 0 Å². The number of hydrogen-bond donors (Lipinski definition) is 1. The largest absolute Gasteiger partial charge is 0.355 e. The summed E-state index contributed by atoms with van der Waals surface area (Å²) in [4.78, 5) is 3.19. The van der Waals surface area contributed by atoms with Crippen LogP contribution in [0.5, 0.6) is 0 Å². The van der Waals surface area contributed by atoms with Crippen molar-refractivity contribution in [1.29, 1.82) is 0 Å². The molecule has 0 aromatic heterocycles. The third kappa shape index (κ3) is 3.57. The van der Waals surface area contributed by atoms with Crippen molar-refractivity contribution < 1.29 is 0 Å². The van der Waals surface area contributed by atoms with Gasteiger partial charge in [0.15, 0.2) is 0 Å². The summed E-state index contributed by atoms with van der Waals surface area (Å²) in [6.07, 6.45) is 1.10. The minimum atomic E-state index is 0. The lowest BCUT2D eigenvalue weighted by Gasteiger charge is -2.26. The summed E-state index contributed by atoms with van der Waals surface area (Å²) >= 11 is 7.30. The average molecular weight is 255 g/mol. The maximum Gasteiger partial charge on any atom is 0.0959 e. The van der Waals surface area contributed by atoms with E-state index in [1.807, 2.05) is 11.8 Å². The van der Waals surface area contributed by atoms with Crippen LogP contribution in [0.25, 0.3) is 0 Å². The van der Waals surface area contributed by atoms with Gasteiger partial charge in [0.25, 0.3) is 0 Å². The summed E-state index contributed by atoms with van der Waals surface area (Å²) in [6.45, 7) is 5.40. The summed E-state index contributed by atoms with van der Waals surface area (Å²) in [7, 11) is 0. The van der Waals surface area contributed by atoms with Crippen molar-refractivity contribution in [2.75, 3.05) is 18.2 Å². The highest BCUT2D eigenvalue weighted by molar-refractivity contribution is 7.99. The van der Waals surface area contributed by atoms with Gasteiger partial charge in [-0.3, -0.25) is 0 Å². The Labute approximate surface area is 102 Å². The molecule has 0 saturated carbocycles. The van der Waals surface area contributed by atoms with E-state index in [2.05, 4.69) is 18.7 Å². The van der Waals surface area contributed by atoms with Crippen LogP contribution in [0, 0.1) is 5.92 Å². The van der Waals surface area contributed by atoms with Gasteiger partial charge in [-0.1, -0.05) is 32.5 Å². The van der Waals surface area contributed by atoms with Crippen LogP contribution >= 0.6 is 36.4 Å². The first-order chi connectivity index (χ1) is 6.16. The van der Waals surface area contributed by atoms with E-state index >= 15 is 0 Å². The SMILES string of the molecule is CCC(C)C(N)C(=S)N1CCSC1.Cl.